The lowest BCUT2D eigenvalue weighted by Gasteiger charge is -2.26. The SMILES string of the molecule is CN(C)CC(C)(O)CNC(=O)c1cnc[nH]1. The number of hydrogen-bond donors (Lipinski definition) is 3. The number of imidazole rings is 1. The smallest absolute Gasteiger partial charge is 0.269 e. The molecule has 1 atom stereocenters. The number of carbonyl (C=O) groups is 1. The van der Waals surface area contributed by atoms with E-state index in [1.165, 1.54) is 12.5 Å². The minimum Gasteiger partial charge on any atom is -0.387 e. The average molecular weight is 226 g/mol. The number of aromatic amines is 1. The van der Waals surface area contributed by atoms with Crippen LogP contribution in [0, 0.1) is 0 Å². The van der Waals surface area contributed by atoms with Crippen LogP contribution in [0.4, 0.5) is 0 Å². The highest BCUT2D eigenvalue weighted by molar-refractivity contribution is 5.91. The van der Waals surface area contributed by atoms with E-state index in [1.807, 2.05) is 19.0 Å². The molecule has 0 bridgehead atoms. The standard InChI is InChI=1S/C10H18N4O2/c1-10(16,6-14(2)3)5-12-9(15)8-4-11-7-13-8/h4,7,16H,5-6H2,1-3H3,(H,11,13)(H,12,15). The summed E-state index contributed by atoms with van der Waals surface area (Å²) in [6.07, 6.45) is 2.88. The number of amides is 1. The van der Waals surface area contributed by atoms with Gasteiger partial charge < -0.3 is 20.3 Å². The summed E-state index contributed by atoms with van der Waals surface area (Å²) in [6.45, 7) is 2.36. The fourth-order valence-electron chi connectivity index (χ4n) is 1.48. The van der Waals surface area contributed by atoms with Gasteiger partial charge in [0, 0.05) is 13.1 Å². The molecule has 3 N–H and O–H groups in total. The lowest BCUT2D eigenvalue weighted by atomic mass is 10.1. The van der Waals surface area contributed by atoms with Gasteiger partial charge in [-0.05, 0) is 21.0 Å². The van der Waals surface area contributed by atoms with Crippen molar-refractivity contribution in [1.82, 2.24) is 20.2 Å². The van der Waals surface area contributed by atoms with Crippen LogP contribution in [0.3, 0.4) is 0 Å². The van der Waals surface area contributed by atoms with Gasteiger partial charge in [0.1, 0.15) is 5.69 Å². The number of aromatic nitrogens is 2. The third-order valence-electron chi connectivity index (χ3n) is 2.03. The van der Waals surface area contributed by atoms with E-state index in [0.29, 0.717) is 12.2 Å². The summed E-state index contributed by atoms with van der Waals surface area (Å²) in [4.78, 5) is 19.8. The molecule has 1 amide bonds. The van der Waals surface area contributed by atoms with Gasteiger partial charge in [-0.15, -0.1) is 0 Å². The highest BCUT2D eigenvalue weighted by Crippen LogP contribution is 2.03. The molecule has 6 heteroatoms. The van der Waals surface area contributed by atoms with Gasteiger partial charge in [0.05, 0.1) is 18.1 Å². The summed E-state index contributed by atoms with van der Waals surface area (Å²) >= 11 is 0. The molecule has 1 heterocycles. The Hall–Kier alpha value is -1.40. The molecular weight excluding hydrogens is 208 g/mol. The molecular formula is C10H18N4O2. The van der Waals surface area contributed by atoms with Crippen molar-refractivity contribution in [2.75, 3.05) is 27.2 Å². The maximum Gasteiger partial charge on any atom is 0.269 e. The minimum absolute atomic E-state index is 0.197. The Labute approximate surface area is 94.7 Å². The largest absolute Gasteiger partial charge is 0.387 e. The van der Waals surface area contributed by atoms with Crippen LogP contribution in [-0.2, 0) is 0 Å². The van der Waals surface area contributed by atoms with Gasteiger partial charge in [-0.2, -0.15) is 0 Å². The lowest BCUT2D eigenvalue weighted by Crippen LogP contribution is -2.47. The van der Waals surface area contributed by atoms with E-state index in [-0.39, 0.29) is 12.5 Å². The van der Waals surface area contributed by atoms with Gasteiger partial charge in [-0.1, -0.05) is 0 Å². The number of rotatable bonds is 5. The highest BCUT2D eigenvalue weighted by atomic mass is 16.3. The summed E-state index contributed by atoms with van der Waals surface area (Å²) < 4.78 is 0. The molecule has 0 fully saturated rings. The summed E-state index contributed by atoms with van der Waals surface area (Å²) in [5.41, 5.74) is -0.556. The van der Waals surface area contributed by atoms with E-state index >= 15 is 0 Å². The van der Waals surface area contributed by atoms with E-state index in [4.69, 9.17) is 0 Å². The number of aliphatic hydroxyl groups is 1. The summed E-state index contributed by atoms with van der Waals surface area (Å²) in [6, 6.07) is 0. The van der Waals surface area contributed by atoms with Gasteiger partial charge in [0.2, 0.25) is 0 Å². The average Bonchev–Trinajstić information content (AvgIpc) is 2.64. The Kier molecular flexibility index (Phi) is 4.03. The van der Waals surface area contributed by atoms with Crippen molar-refractivity contribution in [3.63, 3.8) is 0 Å². The van der Waals surface area contributed by atoms with E-state index in [2.05, 4.69) is 15.3 Å². The van der Waals surface area contributed by atoms with Gasteiger partial charge in [0.25, 0.3) is 5.91 Å². The lowest BCUT2D eigenvalue weighted by molar-refractivity contribution is 0.0325. The monoisotopic (exact) mass is 226 g/mol. The molecule has 90 valence electrons. The predicted molar refractivity (Wildman–Crippen MR) is 60.1 cm³/mol. The van der Waals surface area contributed by atoms with Crippen LogP contribution in [0.15, 0.2) is 12.5 Å². The van der Waals surface area contributed by atoms with Crippen LogP contribution in [-0.4, -0.2) is 58.7 Å². The molecule has 0 saturated carbocycles. The molecule has 1 rings (SSSR count). The Morgan fingerprint density at radius 2 is 2.38 bits per heavy atom. The quantitative estimate of drug-likeness (QED) is 0.629. The van der Waals surface area contributed by atoms with Gasteiger partial charge >= 0.3 is 0 Å². The molecule has 1 aromatic rings. The predicted octanol–water partition coefficient (Wildman–Crippen LogP) is -0.548. The van der Waals surface area contributed by atoms with E-state index in [0.717, 1.165) is 0 Å². The third-order valence-corrected chi connectivity index (χ3v) is 2.03. The Morgan fingerprint density at radius 1 is 1.69 bits per heavy atom. The number of nitrogens with zero attached hydrogens (tertiary/aromatic N) is 2. The number of H-pyrrole nitrogens is 1. The maximum atomic E-state index is 11.5. The molecule has 0 aliphatic rings. The Morgan fingerprint density at radius 3 is 2.88 bits per heavy atom. The van der Waals surface area contributed by atoms with Crippen molar-refractivity contribution in [3.8, 4) is 0 Å². The van der Waals surface area contributed by atoms with Crippen LogP contribution in [0.2, 0.25) is 0 Å². The Balaban J connectivity index is 2.42. The topological polar surface area (TPSA) is 81.2 Å². The van der Waals surface area contributed by atoms with Crippen LogP contribution in [0.5, 0.6) is 0 Å². The summed E-state index contributed by atoms with van der Waals surface area (Å²) in [5, 5.41) is 12.6. The second-order valence-corrected chi connectivity index (χ2v) is 4.38. The van der Waals surface area contributed by atoms with Crippen LogP contribution in [0.1, 0.15) is 17.4 Å². The second-order valence-electron chi connectivity index (χ2n) is 4.38. The van der Waals surface area contributed by atoms with Crippen LogP contribution in [0.25, 0.3) is 0 Å². The minimum atomic E-state index is -0.945. The van der Waals surface area contributed by atoms with E-state index < -0.39 is 5.60 Å². The zero-order valence-electron chi connectivity index (χ0n) is 9.82. The zero-order valence-corrected chi connectivity index (χ0v) is 9.82. The first kappa shape index (κ1) is 12.7. The number of nitrogens with one attached hydrogen (secondary N) is 2. The van der Waals surface area contributed by atoms with E-state index in [9.17, 15) is 9.90 Å². The number of hydrogen-bond acceptors (Lipinski definition) is 4. The molecule has 1 aromatic heterocycles. The van der Waals surface area contributed by atoms with Crippen molar-refractivity contribution in [2.45, 2.75) is 12.5 Å². The van der Waals surface area contributed by atoms with Crippen molar-refractivity contribution < 1.29 is 9.90 Å². The van der Waals surface area contributed by atoms with Crippen molar-refractivity contribution in [3.05, 3.63) is 18.2 Å². The van der Waals surface area contributed by atoms with Gasteiger partial charge in [0.15, 0.2) is 0 Å². The van der Waals surface area contributed by atoms with Crippen LogP contribution >= 0.6 is 0 Å². The first-order valence-corrected chi connectivity index (χ1v) is 5.04. The third kappa shape index (κ3) is 4.00. The second kappa shape index (κ2) is 5.09. The first-order valence-electron chi connectivity index (χ1n) is 5.04. The number of carbonyl (C=O) groups excluding carboxylic acids is 1. The maximum absolute atomic E-state index is 11.5. The molecule has 0 aliphatic carbocycles. The normalized spacial score (nSPS) is 14.8. The fraction of sp³-hybridized carbons (Fsp3) is 0.600. The highest BCUT2D eigenvalue weighted by Gasteiger charge is 2.22. The fourth-order valence-corrected chi connectivity index (χ4v) is 1.48. The molecule has 0 radical (unpaired) electrons. The van der Waals surface area contributed by atoms with Crippen molar-refractivity contribution in [1.29, 1.82) is 0 Å². The van der Waals surface area contributed by atoms with Crippen molar-refractivity contribution in [2.24, 2.45) is 0 Å². The molecule has 1 unspecified atom stereocenters. The van der Waals surface area contributed by atoms with E-state index in [1.54, 1.807) is 6.92 Å². The van der Waals surface area contributed by atoms with Gasteiger partial charge in [-0.3, -0.25) is 4.79 Å². The zero-order chi connectivity index (χ0) is 12.2. The van der Waals surface area contributed by atoms with Gasteiger partial charge in [-0.25, -0.2) is 4.98 Å². The van der Waals surface area contributed by atoms with Crippen LogP contribution < -0.4 is 5.32 Å². The molecule has 6 nitrogen and oxygen atoms in total. The molecule has 0 aliphatic heterocycles. The molecule has 0 saturated heterocycles. The molecule has 0 aromatic carbocycles. The summed E-state index contributed by atoms with van der Waals surface area (Å²) in [7, 11) is 3.73. The number of likely N-dealkylation sites (N-methyl/N-ethyl adjacent to an activating group) is 1. The first-order chi connectivity index (χ1) is 7.41. The van der Waals surface area contributed by atoms with Crippen molar-refractivity contribution >= 4 is 5.91 Å². The Bertz CT molecular complexity index is 333. The molecule has 0 spiro atoms. The molecule has 16 heavy (non-hydrogen) atoms. The summed E-state index contributed by atoms with van der Waals surface area (Å²) in [5.74, 6) is -0.267.